The van der Waals surface area contributed by atoms with Gasteiger partial charge in [-0.2, -0.15) is 13.2 Å². The van der Waals surface area contributed by atoms with Crippen molar-refractivity contribution in [3.63, 3.8) is 0 Å². The van der Waals surface area contributed by atoms with Crippen molar-refractivity contribution in [2.24, 2.45) is 0 Å². The summed E-state index contributed by atoms with van der Waals surface area (Å²) in [5, 5.41) is 8.44. The zero-order valence-electron chi connectivity index (χ0n) is 16.0. The summed E-state index contributed by atoms with van der Waals surface area (Å²) in [4.78, 5) is 28.7. The topological polar surface area (TPSA) is 92.4 Å². The number of carbonyl (C=O) groups is 2. The molecule has 0 aliphatic heterocycles. The lowest BCUT2D eigenvalue weighted by Crippen LogP contribution is -2.30. The summed E-state index contributed by atoms with van der Waals surface area (Å²) in [6.07, 6.45) is -2.49. The molecule has 1 aromatic heterocycles. The maximum absolute atomic E-state index is 12.6. The van der Waals surface area contributed by atoms with E-state index in [9.17, 15) is 22.8 Å². The first kappa shape index (κ1) is 20.9. The molecule has 0 atom stereocenters. The van der Waals surface area contributed by atoms with Crippen LogP contribution in [-0.4, -0.2) is 35.7 Å². The molecule has 2 aromatic carbocycles. The predicted molar refractivity (Wildman–Crippen MR) is 111 cm³/mol. The third-order valence-electron chi connectivity index (χ3n) is 4.28. The number of halogens is 3. The molecule has 4 rings (SSSR count). The fourth-order valence-electron chi connectivity index (χ4n) is 2.70. The molecule has 3 N–H and O–H groups in total. The van der Waals surface area contributed by atoms with Crippen molar-refractivity contribution in [1.29, 1.82) is 0 Å². The Kier molecular flexibility index (Phi) is 5.68. The van der Waals surface area contributed by atoms with Gasteiger partial charge in [-0.15, -0.1) is 0 Å². The van der Waals surface area contributed by atoms with Crippen LogP contribution < -0.4 is 20.7 Å². The molecule has 3 amide bonds. The van der Waals surface area contributed by atoms with Gasteiger partial charge in [-0.1, -0.05) is 17.4 Å². The first-order valence-corrected chi connectivity index (χ1v) is 10.2. The number of amides is 3. The van der Waals surface area contributed by atoms with Gasteiger partial charge in [0.2, 0.25) is 0 Å². The van der Waals surface area contributed by atoms with Crippen LogP contribution in [0.1, 0.15) is 23.2 Å². The van der Waals surface area contributed by atoms with Crippen molar-refractivity contribution in [1.82, 2.24) is 10.3 Å². The second kappa shape index (κ2) is 8.42. The molecule has 31 heavy (non-hydrogen) atoms. The number of nitrogens with zero attached hydrogens (tertiary/aromatic N) is 1. The molecule has 1 fully saturated rings. The van der Waals surface area contributed by atoms with E-state index in [4.69, 9.17) is 4.74 Å². The minimum atomic E-state index is -4.43. The molecule has 0 saturated heterocycles. The molecular formula is C20H17F3N4O3S. The smallest absolute Gasteiger partial charge is 0.422 e. The van der Waals surface area contributed by atoms with Crippen LogP contribution in [0, 0.1) is 0 Å². The maximum atomic E-state index is 12.6. The third-order valence-corrected chi connectivity index (χ3v) is 5.21. The zero-order chi connectivity index (χ0) is 22.0. The highest BCUT2D eigenvalue weighted by atomic mass is 32.1. The third kappa shape index (κ3) is 5.85. The highest BCUT2D eigenvalue weighted by molar-refractivity contribution is 7.22. The number of benzene rings is 2. The lowest BCUT2D eigenvalue weighted by Gasteiger charge is -2.08. The van der Waals surface area contributed by atoms with E-state index in [-0.39, 0.29) is 23.0 Å². The number of thiazole rings is 1. The van der Waals surface area contributed by atoms with Crippen molar-refractivity contribution in [3.8, 4) is 5.75 Å². The highest BCUT2D eigenvalue weighted by Gasteiger charge is 2.28. The van der Waals surface area contributed by atoms with Crippen molar-refractivity contribution in [2.45, 2.75) is 25.1 Å². The van der Waals surface area contributed by atoms with E-state index in [1.165, 1.54) is 24.3 Å². The molecule has 0 bridgehead atoms. The molecule has 11 heteroatoms. The summed E-state index contributed by atoms with van der Waals surface area (Å²) < 4.78 is 42.2. The second-order valence-electron chi connectivity index (χ2n) is 6.96. The van der Waals surface area contributed by atoms with Gasteiger partial charge in [0.15, 0.2) is 11.7 Å². The van der Waals surface area contributed by atoms with Crippen LogP contribution >= 0.6 is 11.3 Å². The normalized spacial score (nSPS) is 13.6. The van der Waals surface area contributed by atoms with Crippen LogP contribution in [0.5, 0.6) is 5.75 Å². The molecule has 3 aromatic rings. The lowest BCUT2D eigenvalue weighted by molar-refractivity contribution is -0.153. The van der Waals surface area contributed by atoms with E-state index in [1.807, 2.05) is 0 Å². The quantitative estimate of drug-likeness (QED) is 0.504. The van der Waals surface area contributed by atoms with E-state index >= 15 is 0 Å². The number of nitrogens with one attached hydrogen (secondary N) is 3. The monoisotopic (exact) mass is 450 g/mol. The minimum Gasteiger partial charge on any atom is -0.484 e. The van der Waals surface area contributed by atoms with E-state index in [0.717, 1.165) is 24.2 Å². The summed E-state index contributed by atoms with van der Waals surface area (Å²) >= 11 is 1.11. The van der Waals surface area contributed by atoms with Gasteiger partial charge in [0.25, 0.3) is 5.91 Å². The van der Waals surface area contributed by atoms with Gasteiger partial charge >= 0.3 is 12.2 Å². The number of hydrogen-bond acceptors (Lipinski definition) is 5. The molecule has 1 heterocycles. The fourth-order valence-corrected chi connectivity index (χ4v) is 3.59. The van der Waals surface area contributed by atoms with Crippen molar-refractivity contribution >= 4 is 44.3 Å². The van der Waals surface area contributed by atoms with Gasteiger partial charge in [-0.25, -0.2) is 9.78 Å². The molecule has 0 unspecified atom stereocenters. The van der Waals surface area contributed by atoms with Gasteiger partial charge in [0.1, 0.15) is 5.75 Å². The lowest BCUT2D eigenvalue weighted by atomic mass is 10.2. The van der Waals surface area contributed by atoms with E-state index < -0.39 is 18.7 Å². The SMILES string of the molecule is O=C(Nc1cccc(C(=O)Nc2nc3ccc(OCC(F)(F)F)cc3s2)c1)NC1CC1. The molecule has 1 saturated carbocycles. The molecule has 1 aliphatic rings. The number of urea groups is 1. The molecule has 1 aliphatic carbocycles. The highest BCUT2D eigenvalue weighted by Crippen LogP contribution is 2.30. The number of fused-ring (bicyclic) bond motifs is 1. The Morgan fingerprint density at radius 2 is 1.94 bits per heavy atom. The van der Waals surface area contributed by atoms with Crippen LogP contribution in [0.2, 0.25) is 0 Å². The Morgan fingerprint density at radius 3 is 2.68 bits per heavy atom. The van der Waals surface area contributed by atoms with Gasteiger partial charge in [0.05, 0.1) is 10.2 Å². The average molecular weight is 450 g/mol. The molecular weight excluding hydrogens is 433 g/mol. The standard InChI is InChI=1S/C20H17F3N4O3S/c21-20(22,23)10-30-14-6-7-15-16(9-14)31-19(26-15)27-17(28)11-2-1-3-13(8-11)25-18(29)24-12-4-5-12/h1-3,6-9,12H,4-5,10H2,(H2,24,25,29)(H,26,27,28). The first-order valence-electron chi connectivity index (χ1n) is 9.34. The number of carbonyl (C=O) groups excluding carboxylic acids is 2. The van der Waals surface area contributed by atoms with E-state index in [0.29, 0.717) is 21.5 Å². The molecule has 0 radical (unpaired) electrons. The summed E-state index contributed by atoms with van der Waals surface area (Å²) in [6, 6.07) is 10.7. The number of anilines is 2. The molecule has 7 nitrogen and oxygen atoms in total. The van der Waals surface area contributed by atoms with Crippen LogP contribution in [0.15, 0.2) is 42.5 Å². The Labute approximate surface area is 178 Å². The Morgan fingerprint density at radius 1 is 1.13 bits per heavy atom. The van der Waals surface area contributed by atoms with Gasteiger partial charge < -0.3 is 15.4 Å². The first-order chi connectivity index (χ1) is 14.7. The van der Waals surface area contributed by atoms with Gasteiger partial charge in [0, 0.05) is 17.3 Å². The number of alkyl halides is 3. The van der Waals surface area contributed by atoms with Gasteiger partial charge in [-0.05, 0) is 49.2 Å². The van der Waals surface area contributed by atoms with Gasteiger partial charge in [-0.3, -0.25) is 10.1 Å². The van der Waals surface area contributed by atoms with Crippen LogP contribution in [0.25, 0.3) is 10.2 Å². The summed E-state index contributed by atoms with van der Waals surface area (Å²) in [6.45, 7) is -1.38. The van der Waals surface area contributed by atoms with Crippen LogP contribution in [-0.2, 0) is 0 Å². The number of hydrogen-bond donors (Lipinski definition) is 3. The van der Waals surface area contributed by atoms with E-state index in [2.05, 4.69) is 20.9 Å². The number of aromatic nitrogens is 1. The zero-order valence-corrected chi connectivity index (χ0v) is 16.8. The molecule has 0 spiro atoms. The van der Waals surface area contributed by atoms with Crippen molar-refractivity contribution in [2.75, 3.05) is 17.2 Å². The Balaban J connectivity index is 1.41. The minimum absolute atomic E-state index is 0.0644. The largest absolute Gasteiger partial charge is 0.484 e. The summed E-state index contributed by atoms with van der Waals surface area (Å²) in [5.41, 5.74) is 1.31. The Bertz CT molecular complexity index is 1130. The summed E-state index contributed by atoms with van der Waals surface area (Å²) in [5.74, 6) is -0.367. The second-order valence-corrected chi connectivity index (χ2v) is 7.99. The number of ether oxygens (including phenoxy) is 1. The van der Waals surface area contributed by atoms with Crippen LogP contribution in [0.3, 0.4) is 0 Å². The molecule has 162 valence electrons. The van der Waals surface area contributed by atoms with Crippen molar-refractivity contribution in [3.05, 3.63) is 48.0 Å². The fraction of sp³-hybridized carbons (Fsp3) is 0.250. The summed E-state index contributed by atoms with van der Waals surface area (Å²) in [7, 11) is 0. The van der Waals surface area contributed by atoms with Crippen molar-refractivity contribution < 1.29 is 27.5 Å². The Hall–Kier alpha value is -3.34. The van der Waals surface area contributed by atoms with Crippen LogP contribution in [0.4, 0.5) is 28.8 Å². The van der Waals surface area contributed by atoms with E-state index in [1.54, 1.807) is 18.2 Å². The maximum Gasteiger partial charge on any atom is 0.422 e. The number of rotatable bonds is 6. The predicted octanol–water partition coefficient (Wildman–Crippen LogP) is 4.77. The average Bonchev–Trinajstić information content (AvgIpc) is 3.42.